The number of Topliss-reactive ketones (excluding diaryl/α,β-unsaturated/α-hetero) is 1. The Labute approximate surface area is 229 Å². The maximum Gasteiger partial charge on any atom is 0.260 e. The fourth-order valence-corrected chi connectivity index (χ4v) is 4.88. The standard InChI is InChI=1S/C27H29ClFN5O5/c1-15-12-34(16(2)11-33(15)13-17-3-6-19(29)7-4-17)24(36)14-39-23-8-5-18(28)9-20(23)22(35)10-21-25(37)31-27(30)32-26(21)38/h3-9,15-16,21H,10-14H2,1-2H3,(H3,30,31,32,37,38)/t15-,16+/m0/s1. The molecule has 0 spiro atoms. The predicted molar refractivity (Wildman–Crippen MR) is 141 cm³/mol. The first-order valence-electron chi connectivity index (χ1n) is 12.5. The second-order valence-electron chi connectivity index (χ2n) is 9.76. The van der Waals surface area contributed by atoms with E-state index in [2.05, 4.69) is 15.5 Å². The van der Waals surface area contributed by atoms with Gasteiger partial charge in [-0.2, -0.15) is 0 Å². The lowest BCUT2D eigenvalue weighted by Crippen LogP contribution is -2.58. The van der Waals surface area contributed by atoms with Crippen LogP contribution in [0.15, 0.2) is 42.5 Å². The number of piperazine rings is 1. The number of carbonyl (C=O) groups excluding carboxylic acids is 4. The summed E-state index contributed by atoms with van der Waals surface area (Å²) in [5.74, 6) is -4.26. The summed E-state index contributed by atoms with van der Waals surface area (Å²) in [5, 5.41) is 12.0. The van der Waals surface area contributed by atoms with Crippen molar-refractivity contribution in [3.05, 3.63) is 64.4 Å². The van der Waals surface area contributed by atoms with Gasteiger partial charge in [0.15, 0.2) is 12.4 Å². The van der Waals surface area contributed by atoms with Crippen LogP contribution >= 0.6 is 11.6 Å². The first-order chi connectivity index (χ1) is 18.5. The summed E-state index contributed by atoms with van der Waals surface area (Å²) in [6, 6.07) is 10.7. The minimum atomic E-state index is -1.31. The molecule has 0 unspecified atom stereocenters. The highest BCUT2D eigenvalue weighted by Gasteiger charge is 2.36. The third-order valence-corrected chi connectivity index (χ3v) is 7.08. The van der Waals surface area contributed by atoms with Crippen molar-refractivity contribution in [2.75, 3.05) is 19.7 Å². The minimum Gasteiger partial charge on any atom is -0.483 e. The van der Waals surface area contributed by atoms with E-state index in [4.69, 9.17) is 21.7 Å². The van der Waals surface area contributed by atoms with Gasteiger partial charge in [-0.05, 0) is 49.7 Å². The molecule has 2 aliphatic rings. The van der Waals surface area contributed by atoms with Crippen LogP contribution in [0.25, 0.3) is 0 Å². The predicted octanol–water partition coefficient (Wildman–Crippen LogP) is 2.35. The number of rotatable bonds is 8. The molecule has 3 amide bonds. The van der Waals surface area contributed by atoms with Crippen LogP contribution in [0.1, 0.15) is 36.2 Å². The molecule has 2 heterocycles. The molecule has 206 valence electrons. The highest BCUT2D eigenvalue weighted by atomic mass is 35.5. The molecule has 2 aromatic rings. The van der Waals surface area contributed by atoms with Crippen LogP contribution in [0.5, 0.6) is 5.75 Å². The van der Waals surface area contributed by atoms with Crippen LogP contribution in [0, 0.1) is 17.1 Å². The highest BCUT2D eigenvalue weighted by Crippen LogP contribution is 2.27. The first-order valence-corrected chi connectivity index (χ1v) is 12.8. The van der Waals surface area contributed by atoms with Gasteiger partial charge in [0, 0.05) is 43.2 Å². The van der Waals surface area contributed by atoms with Crippen molar-refractivity contribution < 1.29 is 28.3 Å². The molecule has 2 aromatic carbocycles. The normalized spacial score (nSPS) is 21.8. The van der Waals surface area contributed by atoms with E-state index in [9.17, 15) is 23.6 Å². The Morgan fingerprint density at radius 2 is 1.72 bits per heavy atom. The topological polar surface area (TPSA) is 132 Å². The van der Waals surface area contributed by atoms with E-state index < -0.39 is 35.9 Å². The number of nitrogens with one attached hydrogen (secondary N) is 3. The Morgan fingerprint density at radius 1 is 1.05 bits per heavy atom. The van der Waals surface area contributed by atoms with Gasteiger partial charge in [-0.3, -0.25) is 40.1 Å². The highest BCUT2D eigenvalue weighted by molar-refractivity contribution is 6.31. The molecule has 0 saturated carbocycles. The van der Waals surface area contributed by atoms with E-state index in [-0.39, 0.29) is 46.8 Å². The number of carbonyl (C=O) groups is 4. The largest absolute Gasteiger partial charge is 0.483 e. The van der Waals surface area contributed by atoms with Gasteiger partial charge < -0.3 is 9.64 Å². The molecular formula is C27H29ClFN5O5. The van der Waals surface area contributed by atoms with Crippen molar-refractivity contribution in [3.8, 4) is 5.75 Å². The van der Waals surface area contributed by atoms with Gasteiger partial charge in [-0.15, -0.1) is 0 Å². The molecule has 0 bridgehead atoms. The van der Waals surface area contributed by atoms with Crippen LogP contribution in [0.3, 0.4) is 0 Å². The summed E-state index contributed by atoms with van der Waals surface area (Å²) >= 11 is 6.09. The maximum atomic E-state index is 13.2. The average Bonchev–Trinajstić information content (AvgIpc) is 2.88. The molecule has 3 N–H and O–H groups in total. The number of ether oxygens (including phenoxy) is 1. The summed E-state index contributed by atoms with van der Waals surface area (Å²) in [6.45, 7) is 5.37. The number of nitrogens with zero attached hydrogens (tertiary/aromatic N) is 2. The molecular weight excluding hydrogens is 529 g/mol. The van der Waals surface area contributed by atoms with E-state index in [0.717, 1.165) is 5.56 Å². The van der Waals surface area contributed by atoms with Crippen LogP contribution in [-0.2, 0) is 20.9 Å². The van der Waals surface area contributed by atoms with E-state index in [1.165, 1.54) is 30.3 Å². The summed E-state index contributed by atoms with van der Waals surface area (Å²) in [4.78, 5) is 54.4. The van der Waals surface area contributed by atoms with E-state index >= 15 is 0 Å². The zero-order valence-corrected chi connectivity index (χ0v) is 22.3. The van der Waals surface area contributed by atoms with Crippen molar-refractivity contribution in [2.45, 2.75) is 38.9 Å². The summed E-state index contributed by atoms with van der Waals surface area (Å²) in [7, 11) is 0. The molecule has 0 aliphatic carbocycles. The van der Waals surface area contributed by atoms with E-state index in [0.29, 0.717) is 19.6 Å². The van der Waals surface area contributed by atoms with Crippen LogP contribution in [0.4, 0.5) is 4.39 Å². The van der Waals surface area contributed by atoms with Gasteiger partial charge in [0.05, 0.1) is 5.56 Å². The third-order valence-electron chi connectivity index (χ3n) is 6.85. The number of benzene rings is 2. The smallest absolute Gasteiger partial charge is 0.260 e. The van der Waals surface area contributed by atoms with Crippen LogP contribution < -0.4 is 15.4 Å². The zero-order valence-electron chi connectivity index (χ0n) is 21.5. The lowest BCUT2D eigenvalue weighted by atomic mass is 9.95. The number of halogens is 2. The second-order valence-corrected chi connectivity index (χ2v) is 10.2. The van der Waals surface area contributed by atoms with Crippen molar-refractivity contribution in [2.24, 2.45) is 5.92 Å². The van der Waals surface area contributed by atoms with Gasteiger partial charge >= 0.3 is 0 Å². The average molecular weight is 558 g/mol. The Hall–Kier alpha value is -3.83. The quantitative estimate of drug-likeness (QED) is 0.337. The molecule has 2 fully saturated rings. The molecule has 10 nitrogen and oxygen atoms in total. The molecule has 0 radical (unpaired) electrons. The molecule has 2 aliphatic heterocycles. The van der Waals surface area contributed by atoms with Gasteiger partial charge in [0.25, 0.3) is 5.91 Å². The zero-order chi connectivity index (χ0) is 28.3. The Morgan fingerprint density at radius 3 is 2.38 bits per heavy atom. The van der Waals surface area contributed by atoms with Gasteiger partial charge in [-0.1, -0.05) is 23.7 Å². The summed E-state index contributed by atoms with van der Waals surface area (Å²) in [6.07, 6.45) is -0.458. The minimum absolute atomic E-state index is 0.0436. The number of guanidine groups is 1. The van der Waals surface area contributed by atoms with Crippen molar-refractivity contribution in [1.29, 1.82) is 5.41 Å². The molecule has 39 heavy (non-hydrogen) atoms. The Bertz CT molecular complexity index is 1280. The Kier molecular flexibility index (Phi) is 8.61. The molecule has 0 aromatic heterocycles. The fraction of sp³-hybridized carbons (Fsp3) is 0.370. The SMILES string of the molecule is C[C@@H]1CN(Cc2ccc(F)cc2)[C@@H](C)CN1C(=O)COc1ccc(Cl)cc1C(=O)CC1C(=O)NC(=N)NC1=O. The Balaban J connectivity index is 1.38. The second kappa shape index (κ2) is 11.9. The van der Waals surface area contributed by atoms with Crippen molar-refractivity contribution >= 4 is 41.1 Å². The molecule has 2 atom stereocenters. The van der Waals surface area contributed by atoms with Crippen molar-refractivity contribution in [3.63, 3.8) is 0 Å². The molecule has 2 saturated heterocycles. The van der Waals surface area contributed by atoms with Crippen molar-refractivity contribution in [1.82, 2.24) is 20.4 Å². The molecule has 4 rings (SSSR count). The lowest BCUT2D eigenvalue weighted by molar-refractivity contribution is -0.139. The number of amides is 3. The molecule has 12 heteroatoms. The maximum absolute atomic E-state index is 13.2. The van der Waals surface area contributed by atoms with Gasteiger partial charge in [0.1, 0.15) is 17.5 Å². The number of ketones is 1. The van der Waals surface area contributed by atoms with E-state index in [1.54, 1.807) is 17.0 Å². The van der Waals surface area contributed by atoms with Gasteiger partial charge in [-0.25, -0.2) is 4.39 Å². The van der Waals surface area contributed by atoms with Gasteiger partial charge in [0.2, 0.25) is 17.8 Å². The first kappa shape index (κ1) is 28.2. The monoisotopic (exact) mass is 557 g/mol. The van der Waals surface area contributed by atoms with E-state index in [1.807, 2.05) is 13.8 Å². The summed E-state index contributed by atoms with van der Waals surface area (Å²) in [5.41, 5.74) is 1.03. The van der Waals surface area contributed by atoms with Crippen LogP contribution in [0.2, 0.25) is 5.02 Å². The van der Waals surface area contributed by atoms with Crippen LogP contribution in [-0.4, -0.2) is 71.0 Å². The fourth-order valence-electron chi connectivity index (χ4n) is 4.71. The number of hydrogen-bond acceptors (Lipinski definition) is 7. The third kappa shape index (κ3) is 6.79. The lowest BCUT2D eigenvalue weighted by Gasteiger charge is -2.44. The number of hydrogen-bond donors (Lipinski definition) is 3. The summed E-state index contributed by atoms with van der Waals surface area (Å²) < 4.78 is 19.0.